The molecule has 1 aliphatic rings. The summed E-state index contributed by atoms with van der Waals surface area (Å²) in [4.78, 5) is 26.3. The number of rotatable bonds is 4. The van der Waals surface area contributed by atoms with Gasteiger partial charge in [0.25, 0.3) is 5.91 Å². The first kappa shape index (κ1) is 17.4. The first-order valence-corrected chi connectivity index (χ1v) is 8.62. The van der Waals surface area contributed by atoms with Gasteiger partial charge < -0.3 is 14.7 Å². The van der Waals surface area contributed by atoms with E-state index in [1.807, 2.05) is 31.2 Å². The fourth-order valence-corrected chi connectivity index (χ4v) is 3.93. The summed E-state index contributed by atoms with van der Waals surface area (Å²) in [6.45, 7) is 1.62. The number of aliphatic carboxylic acids is 1. The van der Waals surface area contributed by atoms with Crippen LogP contribution in [0.3, 0.4) is 0 Å². The molecule has 1 N–H and O–H groups in total. The highest BCUT2D eigenvalue weighted by Gasteiger charge is 2.47. The highest BCUT2D eigenvalue weighted by Crippen LogP contribution is 2.34. The number of carbonyl (C=O) groups excluding carboxylic acids is 1. The quantitative estimate of drug-likeness (QED) is 0.904. The Hall–Kier alpha value is -2.41. The van der Waals surface area contributed by atoms with Crippen molar-refractivity contribution in [2.75, 3.05) is 20.2 Å². The lowest BCUT2D eigenvalue weighted by molar-refractivity contribution is -0.149. The number of amides is 1. The minimum atomic E-state index is -2.35. The fraction of sp³-hybridized carbons (Fsp3) is 0.333. The van der Waals surface area contributed by atoms with E-state index in [0.717, 1.165) is 21.8 Å². The van der Waals surface area contributed by atoms with Crippen molar-refractivity contribution in [1.29, 1.82) is 0 Å². The van der Waals surface area contributed by atoms with Gasteiger partial charge >= 0.3 is 5.97 Å². The lowest BCUT2D eigenvalue weighted by atomic mass is 10.1. The topological polar surface area (TPSA) is 66.8 Å². The normalized spacial score (nSPS) is 19.9. The molecule has 1 amide bonds. The van der Waals surface area contributed by atoms with Gasteiger partial charge in [0.05, 0.1) is 18.5 Å². The maximum Gasteiger partial charge on any atom is 0.343 e. The summed E-state index contributed by atoms with van der Waals surface area (Å²) in [6.07, 6.45) is -0.177. The van der Waals surface area contributed by atoms with Gasteiger partial charge in [0.2, 0.25) is 5.67 Å². The lowest BCUT2D eigenvalue weighted by Gasteiger charge is -2.16. The fourth-order valence-electron chi connectivity index (χ4n) is 2.92. The van der Waals surface area contributed by atoms with Gasteiger partial charge in [0, 0.05) is 17.8 Å². The number of alkyl halides is 1. The molecular formula is C18H18FNO4S. The largest absolute Gasteiger partial charge is 0.497 e. The molecule has 3 rings (SSSR count). The molecule has 1 atom stereocenters. The molecule has 1 aromatic carbocycles. The number of carboxylic acids is 1. The maximum absolute atomic E-state index is 14.2. The van der Waals surface area contributed by atoms with Gasteiger partial charge in [-0.15, -0.1) is 11.3 Å². The summed E-state index contributed by atoms with van der Waals surface area (Å²) in [5.74, 6) is -1.09. The molecule has 132 valence electrons. The molecule has 2 aromatic rings. The Kier molecular flexibility index (Phi) is 4.51. The van der Waals surface area contributed by atoms with Crippen molar-refractivity contribution < 1.29 is 23.8 Å². The number of likely N-dealkylation sites (tertiary alicyclic amines) is 1. The van der Waals surface area contributed by atoms with Crippen LogP contribution in [-0.4, -0.2) is 47.8 Å². The molecule has 0 spiro atoms. The molecule has 0 aliphatic carbocycles. The van der Waals surface area contributed by atoms with Crippen molar-refractivity contribution in [2.24, 2.45) is 0 Å². The SMILES string of the molecule is COc1ccc(-c2cc(C(=O)N3CCC(F)(C(=O)O)C3)sc2C)cc1. The van der Waals surface area contributed by atoms with Crippen LogP contribution in [0.2, 0.25) is 0 Å². The number of carboxylic acid groups (broad SMARTS) is 1. The smallest absolute Gasteiger partial charge is 0.343 e. The number of halogens is 1. The minimum Gasteiger partial charge on any atom is -0.497 e. The van der Waals surface area contributed by atoms with Gasteiger partial charge in [-0.2, -0.15) is 0 Å². The van der Waals surface area contributed by atoms with Gasteiger partial charge in [0.15, 0.2) is 0 Å². The zero-order valence-corrected chi connectivity index (χ0v) is 14.7. The van der Waals surface area contributed by atoms with E-state index < -0.39 is 18.2 Å². The minimum absolute atomic E-state index is 0.108. The molecule has 1 unspecified atom stereocenters. The molecule has 1 saturated heterocycles. The van der Waals surface area contributed by atoms with Crippen LogP contribution >= 0.6 is 11.3 Å². The summed E-state index contributed by atoms with van der Waals surface area (Å²) in [6, 6.07) is 9.30. The number of hydrogen-bond acceptors (Lipinski definition) is 4. The second-order valence-electron chi connectivity index (χ2n) is 6.06. The van der Waals surface area contributed by atoms with Crippen LogP contribution in [0.1, 0.15) is 21.0 Å². The molecule has 1 fully saturated rings. The Balaban J connectivity index is 1.82. The van der Waals surface area contributed by atoms with E-state index in [4.69, 9.17) is 9.84 Å². The number of nitrogens with zero attached hydrogens (tertiary/aromatic N) is 1. The van der Waals surface area contributed by atoms with Gasteiger partial charge in [-0.1, -0.05) is 12.1 Å². The van der Waals surface area contributed by atoms with Gasteiger partial charge in [-0.05, 0) is 36.2 Å². The van der Waals surface area contributed by atoms with Crippen LogP contribution in [0.25, 0.3) is 11.1 Å². The third-order valence-corrected chi connectivity index (χ3v) is 5.46. The summed E-state index contributed by atoms with van der Waals surface area (Å²) >= 11 is 1.33. The standard InChI is InChI=1S/C18H18FNO4S/c1-11-14(12-3-5-13(24-2)6-4-12)9-15(25-11)16(21)20-8-7-18(19,10-20)17(22)23/h3-6,9H,7-8,10H2,1-2H3,(H,22,23). The monoisotopic (exact) mass is 363 g/mol. The Morgan fingerprint density at radius 2 is 2.00 bits per heavy atom. The molecule has 1 aromatic heterocycles. The van der Waals surface area contributed by atoms with Gasteiger partial charge in [0.1, 0.15) is 5.75 Å². The molecule has 0 bridgehead atoms. The number of benzene rings is 1. The van der Waals surface area contributed by atoms with Crippen LogP contribution in [0, 0.1) is 6.92 Å². The number of carbonyl (C=O) groups is 2. The average molecular weight is 363 g/mol. The molecule has 2 heterocycles. The number of ether oxygens (including phenoxy) is 1. The molecule has 25 heavy (non-hydrogen) atoms. The summed E-state index contributed by atoms with van der Waals surface area (Å²) in [5, 5.41) is 8.96. The summed E-state index contributed by atoms with van der Waals surface area (Å²) in [7, 11) is 1.60. The van der Waals surface area contributed by atoms with Crippen LogP contribution in [0.15, 0.2) is 30.3 Å². The average Bonchev–Trinajstić information content (AvgIpc) is 3.19. The second-order valence-corrected chi connectivity index (χ2v) is 7.31. The van der Waals surface area contributed by atoms with Crippen LogP contribution in [0.4, 0.5) is 4.39 Å². The highest BCUT2D eigenvalue weighted by atomic mass is 32.1. The molecule has 7 heteroatoms. The molecule has 5 nitrogen and oxygen atoms in total. The van der Waals surface area contributed by atoms with E-state index in [0.29, 0.717) is 4.88 Å². The Morgan fingerprint density at radius 1 is 1.32 bits per heavy atom. The first-order valence-electron chi connectivity index (χ1n) is 7.80. The summed E-state index contributed by atoms with van der Waals surface area (Å²) in [5.41, 5.74) is -0.457. The molecule has 0 radical (unpaired) electrons. The molecule has 1 aliphatic heterocycles. The van der Waals surface area contributed by atoms with Crippen molar-refractivity contribution in [3.05, 3.63) is 40.1 Å². The van der Waals surface area contributed by atoms with Crippen LogP contribution in [-0.2, 0) is 4.79 Å². The number of methoxy groups -OCH3 is 1. The number of thiophene rings is 1. The molecule has 0 saturated carbocycles. The Bertz CT molecular complexity index is 817. The third-order valence-electron chi connectivity index (χ3n) is 4.42. The predicted octanol–water partition coefficient (Wildman–Crippen LogP) is 3.37. The zero-order chi connectivity index (χ0) is 18.2. The zero-order valence-electron chi connectivity index (χ0n) is 13.9. The van der Waals surface area contributed by atoms with E-state index in [2.05, 4.69) is 0 Å². The Morgan fingerprint density at radius 3 is 2.56 bits per heavy atom. The number of aryl methyl sites for hydroxylation is 1. The maximum atomic E-state index is 14.2. The van der Waals surface area contributed by atoms with Gasteiger partial charge in [-0.3, -0.25) is 4.79 Å². The van der Waals surface area contributed by atoms with E-state index >= 15 is 0 Å². The van der Waals surface area contributed by atoms with Crippen molar-refractivity contribution in [1.82, 2.24) is 4.90 Å². The van der Waals surface area contributed by atoms with Crippen molar-refractivity contribution in [3.63, 3.8) is 0 Å². The van der Waals surface area contributed by atoms with E-state index in [-0.39, 0.29) is 18.9 Å². The lowest BCUT2D eigenvalue weighted by Crippen LogP contribution is -2.38. The van der Waals surface area contributed by atoms with Crippen LogP contribution < -0.4 is 4.74 Å². The molecular weight excluding hydrogens is 345 g/mol. The first-order chi connectivity index (χ1) is 11.8. The predicted molar refractivity (Wildman–Crippen MR) is 93.0 cm³/mol. The Labute approximate surface area is 148 Å². The van der Waals surface area contributed by atoms with Crippen molar-refractivity contribution >= 4 is 23.2 Å². The van der Waals surface area contributed by atoms with Crippen LogP contribution in [0.5, 0.6) is 5.75 Å². The highest BCUT2D eigenvalue weighted by molar-refractivity contribution is 7.14. The van der Waals surface area contributed by atoms with Crippen molar-refractivity contribution in [3.8, 4) is 16.9 Å². The summed E-state index contributed by atoms with van der Waals surface area (Å²) < 4.78 is 19.3. The van der Waals surface area contributed by atoms with E-state index in [1.54, 1.807) is 13.2 Å². The van der Waals surface area contributed by atoms with Gasteiger partial charge in [-0.25, -0.2) is 9.18 Å². The van der Waals surface area contributed by atoms with E-state index in [1.165, 1.54) is 16.2 Å². The van der Waals surface area contributed by atoms with Crippen molar-refractivity contribution in [2.45, 2.75) is 19.0 Å². The third kappa shape index (κ3) is 3.24. The number of hydrogen-bond donors (Lipinski definition) is 1. The van der Waals surface area contributed by atoms with E-state index in [9.17, 15) is 14.0 Å². The second kappa shape index (κ2) is 6.48.